The zero-order valence-electron chi connectivity index (χ0n) is 15.6. The highest BCUT2D eigenvalue weighted by Gasteiger charge is 2.39. The van der Waals surface area contributed by atoms with Crippen LogP contribution in [0.3, 0.4) is 0 Å². The minimum Gasteiger partial charge on any atom is -0.367 e. The summed E-state index contributed by atoms with van der Waals surface area (Å²) in [5.74, 6) is 0. The molecule has 1 aromatic carbocycles. The average Bonchev–Trinajstić information content (AvgIpc) is 3.34. The molecule has 4 nitrogen and oxygen atoms in total. The SMILES string of the molecule is CCCCCCCCCCC1OC1COS(=O)(=O)c1ccc(C)cc1. The summed E-state index contributed by atoms with van der Waals surface area (Å²) in [7, 11) is -3.68. The summed E-state index contributed by atoms with van der Waals surface area (Å²) in [6, 6.07) is 6.71. The van der Waals surface area contributed by atoms with E-state index in [9.17, 15) is 8.42 Å². The summed E-state index contributed by atoms with van der Waals surface area (Å²) >= 11 is 0. The normalized spacial score (nSPS) is 19.9. The summed E-state index contributed by atoms with van der Waals surface area (Å²) in [4.78, 5) is 0.207. The van der Waals surface area contributed by atoms with Crippen LogP contribution in [0.25, 0.3) is 0 Å². The number of unbranched alkanes of at least 4 members (excludes halogenated alkanes) is 7. The molecule has 1 saturated heterocycles. The van der Waals surface area contributed by atoms with Crippen molar-refractivity contribution in [3.63, 3.8) is 0 Å². The number of epoxide rings is 1. The zero-order valence-corrected chi connectivity index (χ0v) is 16.4. The van der Waals surface area contributed by atoms with E-state index in [1.165, 1.54) is 44.9 Å². The Bertz CT molecular complexity index is 595. The lowest BCUT2D eigenvalue weighted by molar-refractivity contribution is 0.262. The number of hydrogen-bond donors (Lipinski definition) is 0. The predicted octanol–water partition coefficient (Wildman–Crippen LogP) is 5.00. The fourth-order valence-corrected chi connectivity index (χ4v) is 3.91. The predicted molar refractivity (Wildman–Crippen MR) is 100 cm³/mol. The molecule has 0 saturated carbocycles. The van der Waals surface area contributed by atoms with Gasteiger partial charge in [0.2, 0.25) is 0 Å². The van der Waals surface area contributed by atoms with Crippen molar-refractivity contribution in [3.05, 3.63) is 29.8 Å². The van der Waals surface area contributed by atoms with Gasteiger partial charge in [-0.3, -0.25) is 4.18 Å². The smallest absolute Gasteiger partial charge is 0.297 e. The standard InChI is InChI=1S/C20H32O4S/c1-3-4-5-6-7-8-9-10-11-19-20(24-19)16-23-25(21,22)18-14-12-17(2)13-15-18/h12-15,19-20H,3-11,16H2,1-2H3. The van der Waals surface area contributed by atoms with Gasteiger partial charge in [-0.2, -0.15) is 8.42 Å². The molecule has 25 heavy (non-hydrogen) atoms. The summed E-state index contributed by atoms with van der Waals surface area (Å²) in [6.45, 7) is 4.28. The third-order valence-corrected chi connectivity index (χ3v) is 6.02. The van der Waals surface area contributed by atoms with E-state index in [1.807, 2.05) is 6.92 Å². The van der Waals surface area contributed by atoms with Crippen LogP contribution in [0.1, 0.15) is 70.3 Å². The first-order chi connectivity index (χ1) is 12.0. The molecule has 0 aromatic heterocycles. The van der Waals surface area contributed by atoms with E-state index in [0.717, 1.165) is 18.4 Å². The molecule has 1 heterocycles. The van der Waals surface area contributed by atoms with Gasteiger partial charge >= 0.3 is 0 Å². The Balaban J connectivity index is 1.55. The van der Waals surface area contributed by atoms with Gasteiger partial charge < -0.3 is 4.74 Å². The van der Waals surface area contributed by atoms with Crippen LogP contribution < -0.4 is 0 Å². The third-order valence-electron chi connectivity index (χ3n) is 4.73. The van der Waals surface area contributed by atoms with E-state index in [2.05, 4.69) is 6.92 Å². The zero-order chi connectivity index (χ0) is 18.1. The largest absolute Gasteiger partial charge is 0.367 e. The maximum Gasteiger partial charge on any atom is 0.297 e. The molecule has 2 unspecified atom stereocenters. The molecule has 0 aliphatic carbocycles. The number of aryl methyl sites for hydroxylation is 1. The number of hydrogen-bond acceptors (Lipinski definition) is 4. The molecule has 0 amide bonds. The van der Waals surface area contributed by atoms with Crippen molar-refractivity contribution in [2.75, 3.05) is 6.61 Å². The first-order valence-corrected chi connectivity index (χ1v) is 11.1. The van der Waals surface area contributed by atoms with Crippen molar-refractivity contribution in [3.8, 4) is 0 Å². The Morgan fingerprint density at radius 3 is 2.16 bits per heavy atom. The molecule has 1 fully saturated rings. The molecule has 1 aliphatic heterocycles. The molecule has 0 bridgehead atoms. The van der Waals surface area contributed by atoms with Gasteiger partial charge in [-0.05, 0) is 25.5 Å². The first-order valence-electron chi connectivity index (χ1n) is 9.64. The van der Waals surface area contributed by atoms with Crippen molar-refractivity contribution in [2.45, 2.75) is 88.7 Å². The molecule has 2 atom stereocenters. The highest BCUT2D eigenvalue weighted by atomic mass is 32.2. The van der Waals surface area contributed by atoms with Crippen LogP contribution in [-0.4, -0.2) is 27.2 Å². The van der Waals surface area contributed by atoms with Crippen molar-refractivity contribution < 1.29 is 17.3 Å². The quantitative estimate of drug-likeness (QED) is 0.279. The van der Waals surface area contributed by atoms with Crippen LogP contribution in [0.2, 0.25) is 0 Å². The van der Waals surface area contributed by atoms with Gasteiger partial charge in [0.15, 0.2) is 0 Å². The lowest BCUT2D eigenvalue weighted by Gasteiger charge is -2.04. The van der Waals surface area contributed by atoms with Gasteiger partial charge in [0.25, 0.3) is 10.1 Å². The lowest BCUT2D eigenvalue weighted by atomic mass is 10.1. The van der Waals surface area contributed by atoms with Crippen LogP contribution in [0.15, 0.2) is 29.2 Å². The van der Waals surface area contributed by atoms with E-state index in [4.69, 9.17) is 8.92 Å². The third kappa shape index (κ3) is 7.47. The highest BCUT2D eigenvalue weighted by Crippen LogP contribution is 2.29. The van der Waals surface area contributed by atoms with Crippen LogP contribution in [-0.2, 0) is 19.0 Å². The molecule has 1 aromatic rings. The monoisotopic (exact) mass is 368 g/mol. The Hall–Kier alpha value is -0.910. The molecular weight excluding hydrogens is 336 g/mol. The maximum atomic E-state index is 12.1. The van der Waals surface area contributed by atoms with E-state index in [0.29, 0.717) is 0 Å². The molecule has 2 rings (SSSR count). The summed E-state index contributed by atoms with van der Waals surface area (Å²) in [5, 5.41) is 0. The molecule has 0 spiro atoms. The Labute approximate surface area is 153 Å². The van der Waals surface area contributed by atoms with Gasteiger partial charge in [-0.25, -0.2) is 0 Å². The van der Waals surface area contributed by atoms with Crippen LogP contribution >= 0.6 is 0 Å². The molecule has 0 N–H and O–H groups in total. The molecule has 1 aliphatic rings. The van der Waals surface area contributed by atoms with Crippen molar-refractivity contribution >= 4 is 10.1 Å². The summed E-state index contributed by atoms with van der Waals surface area (Å²) in [6.07, 6.45) is 11.5. The van der Waals surface area contributed by atoms with Gasteiger partial charge in [0.05, 0.1) is 17.6 Å². The second-order valence-corrected chi connectivity index (χ2v) is 8.64. The Morgan fingerprint density at radius 1 is 0.920 bits per heavy atom. The van der Waals surface area contributed by atoms with E-state index < -0.39 is 10.1 Å². The van der Waals surface area contributed by atoms with Gasteiger partial charge in [-0.15, -0.1) is 0 Å². The minimum absolute atomic E-state index is 0.0650. The number of ether oxygens (including phenoxy) is 1. The average molecular weight is 369 g/mol. The lowest BCUT2D eigenvalue weighted by Crippen LogP contribution is -2.12. The number of rotatable bonds is 13. The topological polar surface area (TPSA) is 55.9 Å². The molecule has 142 valence electrons. The van der Waals surface area contributed by atoms with Crippen LogP contribution in [0, 0.1) is 6.92 Å². The van der Waals surface area contributed by atoms with E-state index in [1.54, 1.807) is 24.3 Å². The second-order valence-electron chi connectivity index (χ2n) is 7.03. The maximum absolute atomic E-state index is 12.1. The van der Waals surface area contributed by atoms with Gasteiger partial charge in [0, 0.05) is 0 Å². The van der Waals surface area contributed by atoms with Crippen molar-refractivity contribution in [2.24, 2.45) is 0 Å². The summed E-state index contributed by atoms with van der Waals surface area (Å²) in [5.41, 5.74) is 1.02. The Morgan fingerprint density at radius 2 is 1.52 bits per heavy atom. The first kappa shape index (κ1) is 20.4. The molecule has 0 radical (unpaired) electrons. The fourth-order valence-electron chi connectivity index (χ4n) is 2.99. The second kappa shape index (κ2) is 10.3. The Kier molecular flexibility index (Phi) is 8.40. The van der Waals surface area contributed by atoms with Crippen molar-refractivity contribution in [1.29, 1.82) is 0 Å². The fraction of sp³-hybridized carbons (Fsp3) is 0.700. The summed E-state index contributed by atoms with van der Waals surface area (Å²) < 4.78 is 34.9. The van der Waals surface area contributed by atoms with Gasteiger partial charge in [0.1, 0.15) is 6.10 Å². The molecule has 5 heteroatoms. The number of benzene rings is 1. The van der Waals surface area contributed by atoms with Crippen LogP contribution in [0.4, 0.5) is 0 Å². The van der Waals surface area contributed by atoms with E-state index in [-0.39, 0.29) is 23.7 Å². The minimum atomic E-state index is -3.68. The van der Waals surface area contributed by atoms with Crippen molar-refractivity contribution in [1.82, 2.24) is 0 Å². The van der Waals surface area contributed by atoms with E-state index >= 15 is 0 Å². The highest BCUT2D eigenvalue weighted by molar-refractivity contribution is 7.86. The van der Waals surface area contributed by atoms with Gasteiger partial charge in [-0.1, -0.05) is 76.0 Å². The van der Waals surface area contributed by atoms with Crippen LogP contribution in [0.5, 0.6) is 0 Å². The molecular formula is C20H32O4S.